The van der Waals surface area contributed by atoms with Crippen molar-refractivity contribution in [1.82, 2.24) is 24.5 Å². The van der Waals surface area contributed by atoms with Gasteiger partial charge in [-0.15, -0.1) is 21.5 Å². The first kappa shape index (κ1) is 16.2. The van der Waals surface area contributed by atoms with Gasteiger partial charge in [0.15, 0.2) is 10.8 Å². The minimum absolute atomic E-state index is 0.902. The van der Waals surface area contributed by atoms with Crippen LogP contribution in [0, 0.1) is 0 Å². The average Bonchev–Trinajstić information content (AvgIpc) is 3.42. The summed E-state index contributed by atoms with van der Waals surface area (Å²) in [6.07, 6.45) is 4.53. The normalized spacial score (nSPS) is 15.4. The van der Waals surface area contributed by atoms with Crippen LogP contribution in [0.2, 0.25) is 0 Å². The van der Waals surface area contributed by atoms with E-state index in [2.05, 4.69) is 49.7 Å². The number of hydrogen-bond acceptors (Lipinski definition) is 6. The summed E-state index contributed by atoms with van der Waals surface area (Å²) in [5, 5.41) is 13.1. The Labute approximate surface area is 160 Å². The summed E-state index contributed by atoms with van der Waals surface area (Å²) in [6, 6.07) is 10.4. The van der Waals surface area contributed by atoms with Crippen molar-refractivity contribution in [3.63, 3.8) is 0 Å². The molecule has 0 saturated carbocycles. The van der Waals surface area contributed by atoms with E-state index < -0.39 is 0 Å². The van der Waals surface area contributed by atoms with Crippen LogP contribution in [-0.4, -0.2) is 49.9 Å². The van der Waals surface area contributed by atoms with Crippen LogP contribution >= 0.6 is 23.1 Å². The highest BCUT2D eigenvalue weighted by Gasteiger charge is 2.16. The van der Waals surface area contributed by atoms with Gasteiger partial charge in [0.2, 0.25) is 0 Å². The third kappa shape index (κ3) is 2.90. The number of benzene rings is 1. The van der Waals surface area contributed by atoms with Crippen LogP contribution in [0.25, 0.3) is 27.0 Å². The highest BCUT2D eigenvalue weighted by Crippen LogP contribution is 2.35. The zero-order valence-corrected chi connectivity index (χ0v) is 16.0. The molecule has 1 saturated heterocycles. The molecule has 1 aliphatic heterocycles. The average molecular weight is 382 g/mol. The van der Waals surface area contributed by atoms with E-state index in [1.807, 2.05) is 16.8 Å². The number of thioether (sulfide) groups is 1. The molecular formula is C19H19N5S2. The first-order chi connectivity index (χ1) is 12.9. The molecule has 0 radical (unpaired) electrons. The number of nitrogens with zero attached hydrogens (tertiary/aromatic N) is 5. The van der Waals surface area contributed by atoms with Crippen molar-refractivity contribution in [1.29, 1.82) is 0 Å². The fourth-order valence-corrected chi connectivity index (χ4v) is 5.34. The molecular weight excluding hydrogens is 362 g/mol. The molecule has 3 aromatic heterocycles. The second-order valence-electron chi connectivity index (χ2n) is 6.51. The molecule has 4 heterocycles. The van der Waals surface area contributed by atoms with Gasteiger partial charge < -0.3 is 4.90 Å². The molecule has 7 heteroatoms. The molecule has 1 fully saturated rings. The number of rotatable bonds is 5. The summed E-state index contributed by atoms with van der Waals surface area (Å²) in [5.74, 6) is 1.04. The molecule has 0 amide bonds. The molecule has 26 heavy (non-hydrogen) atoms. The van der Waals surface area contributed by atoms with Gasteiger partial charge in [0.25, 0.3) is 0 Å². The number of thiophene rings is 1. The lowest BCUT2D eigenvalue weighted by Crippen LogP contribution is -2.21. The molecule has 1 aliphatic rings. The van der Waals surface area contributed by atoms with Crippen molar-refractivity contribution in [3.05, 3.63) is 42.0 Å². The van der Waals surface area contributed by atoms with Crippen molar-refractivity contribution in [2.24, 2.45) is 0 Å². The fraction of sp³-hybridized carbons (Fsp3) is 0.316. The number of likely N-dealkylation sites (tertiary alicyclic amines) is 1. The minimum atomic E-state index is 0.902. The third-order valence-electron chi connectivity index (χ3n) is 4.87. The Morgan fingerprint density at radius 3 is 2.77 bits per heavy atom. The van der Waals surface area contributed by atoms with Gasteiger partial charge in [0, 0.05) is 23.2 Å². The third-order valence-corrected chi connectivity index (χ3v) is 6.68. The molecule has 0 spiro atoms. The lowest BCUT2D eigenvalue weighted by atomic mass is 10.1. The van der Waals surface area contributed by atoms with Gasteiger partial charge in [-0.2, -0.15) is 0 Å². The highest BCUT2D eigenvalue weighted by atomic mass is 32.2. The summed E-state index contributed by atoms with van der Waals surface area (Å²) in [5.41, 5.74) is 3.28. The van der Waals surface area contributed by atoms with E-state index in [4.69, 9.17) is 0 Å². The van der Waals surface area contributed by atoms with E-state index in [-0.39, 0.29) is 0 Å². The summed E-state index contributed by atoms with van der Waals surface area (Å²) >= 11 is 3.43. The summed E-state index contributed by atoms with van der Waals surface area (Å²) in [4.78, 5) is 8.19. The zero-order chi connectivity index (χ0) is 17.3. The maximum atomic E-state index is 4.65. The number of aromatic nitrogens is 4. The number of hydrogen-bond donors (Lipinski definition) is 0. The molecule has 4 aromatic rings. The molecule has 0 atom stereocenters. The van der Waals surface area contributed by atoms with Crippen LogP contribution in [0.15, 0.2) is 47.2 Å². The Bertz CT molecular complexity index is 1030. The fourth-order valence-electron chi connectivity index (χ4n) is 3.52. The van der Waals surface area contributed by atoms with Gasteiger partial charge in [0.1, 0.15) is 11.2 Å². The molecule has 132 valence electrons. The Hall–Kier alpha value is -1.96. The maximum absolute atomic E-state index is 4.65. The predicted molar refractivity (Wildman–Crippen MR) is 108 cm³/mol. The Kier molecular flexibility index (Phi) is 4.36. The first-order valence-electron chi connectivity index (χ1n) is 8.92. The molecule has 0 N–H and O–H groups in total. The molecule has 5 nitrogen and oxygen atoms in total. The van der Waals surface area contributed by atoms with Gasteiger partial charge in [0.05, 0.1) is 5.39 Å². The SMILES string of the molecule is c1ccc(-c2csc3ncn4c(SCCN5CCCC5)nnc4c23)cc1. The van der Waals surface area contributed by atoms with Crippen LogP contribution in [0.3, 0.4) is 0 Å². The summed E-state index contributed by atoms with van der Waals surface area (Å²) in [7, 11) is 0. The van der Waals surface area contributed by atoms with E-state index >= 15 is 0 Å². The lowest BCUT2D eigenvalue weighted by Gasteiger charge is -2.12. The van der Waals surface area contributed by atoms with Gasteiger partial charge in [-0.3, -0.25) is 4.40 Å². The highest BCUT2D eigenvalue weighted by molar-refractivity contribution is 7.99. The predicted octanol–water partition coefficient (Wildman–Crippen LogP) is 4.19. The Morgan fingerprint density at radius 1 is 1.08 bits per heavy atom. The summed E-state index contributed by atoms with van der Waals surface area (Å²) < 4.78 is 2.04. The second kappa shape index (κ2) is 6.98. The molecule has 1 aromatic carbocycles. The number of fused-ring (bicyclic) bond motifs is 3. The standard InChI is InChI=1S/C19H19N5S2/c1-2-6-14(7-3-1)15-12-26-18-16(15)17-21-22-19(24(17)13-20-18)25-11-10-23-8-4-5-9-23/h1-3,6-7,12-13H,4-5,8-11H2. The van der Waals surface area contributed by atoms with E-state index in [0.717, 1.165) is 33.3 Å². The van der Waals surface area contributed by atoms with Crippen molar-refractivity contribution in [2.45, 2.75) is 18.0 Å². The van der Waals surface area contributed by atoms with Crippen LogP contribution in [-0.2, 0) is 0 Å². The van der Waals surface area contributed by atoms with Crippen LogP contribution in [0.1, 0.15) is 12.8 Å². The van der Waals surface area contributed by atoms with E-state index in [1.54, 1.807) is 23.1 Å². The quantitative estimate of drug-likeness (QED) is 0.485. The topological polar surface area (TPSA) is 46.3 Å². The zero-order valence-electron chi connectivity index (χ0n) is 14.3. The van der Waals surface area contributed by atoms with E-state index in [9.17, 15) is 0 Å². The molecule has 0 unspecified atom stereocenters. The monoisotopic (exact) mass is 381 g/mol. The van der Waals surface area contributed by atoms with Crippen LogP contribution in [0.4, 0.5) is 0 Å². The van der Waals surface area contributed by atoms with Crippen molar-refractivity contribution in [2.75, 3.05) is 25.4 Å². The van der Waals surface area contributed by atoms with E-state index in [0.29, 0.717) is 0 Å². The van der Waals surface area contributed by atoms with Crippen LogP contribution in [0.5, 0.6) is 0 Å². The molecule has 0 aliphatic carbocycles. The summed E-state index contributed by atoms with van der Waals surface area (Å²) in [6.45, 7) is 3.58. The Morgan fingerprint density at radius 2 is 1.92 bits per heavy atom. The van der Waals surface area contributed by atoms with Gasteiger partial charge >= 0.3 is 0 Å². The minimum Gasteiger partial charge on any atom is -0.303 e. The first-order valence-corrected chi connectivity index (χ1v) is 10.8. The van der Waals surface area contributed by atoms with Gasteiger partial charge in [-0.25, -0.2) is 4.98 Å². The van der Waals surface area contributed by atoms with Crippen molar-refractivity contribution < 1.29 is 0 Å². The van der Waals surface area contributed by atoms with Crippen molar-refractivity contribution >= 4 is 39.0 Å². The van der Waals surface area contributed by atoms with E-state index in [1.165, 1.54) is 37.1 Å². The molecule has 5 rings (SSSR count). The van der Waals surface area contributed by atoms with Crippen LogP contribution < -0.4 is 0 Å². The Balaban J connectivity index is 1.48. The second-order valence-corrected chi connectivity index (χ2v) is 8.43. The van der Waals surface area contributed by atoms with Crippen molar-refractivity contribution in [3.8, 4) is 11.1 Å². The van der Waals surface area contributed by atoms with Gasteiger partial charge in [-0.05, 0) is 31.5 Å². The largest absolute Gasteiger partial charge is 0.303 e. The maximum Gasteiger partial charge on any atom is 0.196 e. The lowest BCUT2D eigenvalue weighted by molar-refractivity contribution is 0.362. The molecule has 0 bridgehead atoms. The van der Waals surface area contributed by atoms with Gasteiger partial charge in [-0.1, -0.05) is 42.1 Å². The smallest absolute Gasteiger partial charge is 0.196 e.